The van der Waals surface area contributed by atoms with Gasteiger partial charge in [-0.2, -0.15) is 0 Å². The van der Waals surface area contributed by atoms with Crippen LogP contribution in [0.15, 0.2) is 194 Å². The summed E-state index contributed by atoms with van der Waals surface area (Å²) in [5, 5.41) is 0. The molecule has 0 radical (unpaired) electrons. The van der Waals surface area contributed by atoms with Crippen molar-refractivity contribution in [3.63, 3.8) is 0 Å². The van der Waals surface area contributed by atoms with E-state index in [9.17, 15) is 14.4 Å². The molecule has 0 aliphatic rings. The van der Waals surface area contributed by atoms with Gasteiger partial charge in [0.05, 0.1) is 6.42 Å². The van der Waals surface area contributed by atoms with Crippen LogP contribution in [-0.2, 0) is 28.6 Å². The Hall–Kier alpha value is -5.75. The smallest absolute Gasteiger partial charge is 0.310 e. The second-order valence-electron chi connectivity index (χ2n) is 18.4. The van der Waals surface area contributed by atoms with E-state index in [0.29, 0.717) is 19.3 Å². The van der Waals surface area contributed by atoms with E-state index in [1.54, 1.807) is 6.08 Å². The summed E-state index contributed by atoms with van der Waals surface area (Å²) in [6, 6.07) is 0. The highest BCUT2D eigenvalue weighted by atomic mass is 16.6. The fourth-order valence-corrected chi connectivity index (χ4v) is 7.00. The van der Waals surface area contributed by atoms with Crippen molar-refractivity contribution in [1.82, 2.24) is 0 Å². The first-order chi connectivity index (χ1) is 37.5. The fourth-order valence-electron chi connectivity index (χ4n) is 7.00. The second kappa shape index (κ2) is 61.8. The Balaban J connectivity index is 4.56. The van der Waals surface area contributed by atoms with Gasteiger partial charge in [-0.3, -0.25) is 14.4 Å². The summed E-state index contributed by atoms with van der Waals surface area (Å²) in [6.07, 6.45) is 94.6. The van der Waals surface area contributed by atoms with Gasteiger partial charge in [0, 0.05) is 12.8 Å². The number of carbonyl (C=O) groups is 3. The molecule has 1 atom stereocenters. The molecule has 1 unspecified atom stereocenters. The zero-order chi connectivity index (χ0) is 55.0. The van der Waals surface area contributed by atoms with Crippen LogP contribution in [0.5, 0.6) is 0 Å². The molecule has 0 aromatic rings. The van der Waals surface area contributed by atoms with E-state index in [4.69, 9.17) is 14.2 Å². The van der Waals surface area contributed by atoms with E-state index < -0.39 is 12.1 Å². The third-order valence-corrected chi connectivity index (χ3v) is 11.3. The summed E-state index contributed by atoms with van der Waals surface area (Å²) in [5.41, 5.74) is 0. The lowest BCUT2D eigenvalue weighted by Crippen LogP contribution is -2.30. The van der Waals surface area contributed by atoms with Gasteiger partial charge in [-0.05, 0) is 135 Å². The first-order valence-corrected chi connectivity index (χ1v) is 29.4. The van der Waals surface area contributed by atoms with Crippen molar-refractivity contribution in [2.24, 2.45) is 0 Å². The minimum atomic E-state index is -0.874. The first kappa shape index (κ1) is 70.2. The second-order valence-corrected chi connectivity index (χ2v) is 18.4. The molecule has 0 heterocycles. The van der Waals surface area contributed by atoms with Crippen LogP contribution in [0, 0.1) is 0 Å². The molecule has 0 saturated carbocycles. The van der Waals surface area contributed by atoms with Crippen molar-refractivity contribution >= 4 is 17.9 Å². The summed E-state index contributed by atoms with van der Waals surface area (Å²) in [5.74, 6) is -1.17. The standard InChI is InChI=1S/C70H104O6/c1-4-7-10-13-16-19-22-25-28-29-30-31-32-33-34-35-36-37-38-39-40-41-43-45-48-51-54-57-60-63-69(72)75-66-67(65-74-68(71)62-59-56-53-50-47-44-27-24-21-18-15-12-9-6-3)76-70(73)64-61-58-55-52-49-46-42-26-23-20-17-14-11-8-5-2/h7-8,10-11,15-20,24-28,30-31,33-34,36-37,39-40,42-43,45,49,51-52,54,58,61,67H,4-6,9,12-14,21-23,29,32,35,38,41,44,46-48,50,53,55-57,59-60,62-66H2,1-3H3/b10-7-,11-8-,18-15-,19-16-,20-17-,27-24-,28-25-,31-30-,34-33-,37-36-,40-39-,42-26-,45-43-,52-49-,54-51-,61-58-. The molecule has 0 N–H and O–H groups in total. The van der Waals surface area contributed by atoms with Crippen molar-refractivity contribution < 1.29 is 28.6 Å². The third kappa shape index (κ3) is 59.1. The lowest BCUT2D eigenvalue weighted by Gasteiger charge is -2.18. The summed E-state index contributed by atoms with van der Waals surface area (Å²) in [6.45, 7) is 6.19. The molecule has 6 nitrogen and oxygen atoms in total. The molecule has 0 rings (SSSR count). The molecule has 0 amide bonds. The van der Waals surface area contributed by atoms with Crippen molar-refractivity contribution in [2.75, 3.05) is 13.2 Å². The van der Waals surface area contributed by atoms with Gasteiger partial charge in [-0.15, -0.1) is 0 Å². The maximum absolute atomic E-state index is 12.8. The van der Waals surface area contributed by atoms with Gasteiger partial charge in [-0.25, -0.2) is 0 Å². The number of rotatable bonds is 50. The SMILES string of the molecule is CC/C=C\C/C=C\C/C=C\C/C=C\C/C=C\C/C=C\C/C=C\C/C=C\C/C=C\CCCC(=O)OCC(COC(=O)CCCCCCC/C=C\C/C=C\CCCC)OC(=O)C/C=C\C/C=C\C/C=C\C/C=C\C/C=C\CC. The van der Waals surface area contributed by atoms with E-state index in [2.05, 4.69) is 203 Å². The van der Waals surface area contributed by atoms with Crippen LogP contribution in [0.2, 0.25) is 0 Å². The molecule has 0 spiro atoms. The quantitative estimate of drug-likeness (QED) is 0.0261. The van der Waals surface area contributed by atoms with Crippen LogP contribution in [0.4, 0.5) is 0 Å². The van der Waals surface area contributed by atoms with Crippen molar-refractivity contribution in [1.29, 1.82) is 0 Å². The zero-order valence-corrected chi connectivity index (χ0v) is 47.9. The van der Waals surface area contributed by atoms with Crippen LogP contribution < -0.4 is 0 Å². The lowest BCUT2D eigenvalue weighted by atomic mass is 10.1. The number of hydrogen-bond donors (Lipinski definition) is 0. The van der Waals surface area contributed by atoms with Crippen molar-refractivity contribution in [3.05, 3.63) is 194 Å². The van der Waals surface area contributed by atoms with Crippen LogP contribution in [-0.4, -0.2) is 37.2 Å². The van der Waals surface area contributed by atoms with Gasteiger partial charge in [0.1, 0.15) is 13.2 Å². The minimum Gasteiger partial charge on any atom is -0.462 e. The summed E-state index contributed by atoms with van der Waals surface area (Å²) in [4.78, 5) is 38.1. The summed E-state index contributed by atoms with van der Waals surface area (Å²) < 4.78 is 16.7. The van der Waals surface area contributed by atoms with E-state index in [0.717, 1.165) is 135 Å². The molecule has 0 bridgehead atoms. The van der Waals surface area contributed by atoms with E-state index in [1.807, 2.05) is 6.08 Å². The van der Waals surface area contributed by atoms with Crippen LogP contribution in [0.25, 0.3) is 0 Å². The number of allylic oxidation sites excluding steroid dienone is 31. The van der Waals surface area contributed by atoms with Gasteiger partial charge >= 0.3 is 17.9 Å². The molecule has 420 valence electrons. The molecule has 0 aromatic heterocycles. The Morgan fingerprint density at radius 3 is 0.921 bits per heavy atom. The Morgan fingerprint density at radius 1 is 0.289 bits per heavy atom. The molecule has 0 saturated heterocycles. The molecule has 6 heteroatoms. The van der Waals surface area contributed by atoms with Gasteiger partial charge in [0.2, 0.25) is 0 Å². The molecule has 76 heavy (non-hydrogen) atoms. The van der Waals surface area contributed by atoms with E-state index >= 15 is 0 Å². The van der Waals surface area contributed by atoms with Crippen LogP contribution >= 0.6 is 0 Å². The van der Waals surface area contributed by atoms with E-state index in [1.165, 1.54) is 19.3 Å². The summed E-state index contributed by atoms with van der Waals surface area (Å²) >= 11 is 0. The maximum Gasteiger partial charge on any atom is 0.310 e. The Kier molecular flexibility index (Phi) is 57.1. The highest BCUT2D eigenvalue weighted by Gasteiger charge is 2.19. The molecule has 0 aromatic carbocycles. The molecular formula is C70H104O6. The van der Waals surface area contributed by atoms with Gasteiger partial charge in [0.15, 0.2) is 6.10 Å². The molecule has 0 fully saturated rings. The van der Waals surface area contributed by atoms with Crippen LogP contribution in [0.1, 0.15) is 207 Å². The van der Waals surface area contributed by atoms with Gasteiger partial charge in [0.25, 0.3) is 0 Å². The maximum atomic E-state index is 12.8. The fraction of sp³-hybridized carbons (Fsp3) is 0.500. The number of hydrogen-bond acceptors (Lipinski definition) is 6. The topological polar surface area (TPSA) is 78.9 Å². The van der Waals surface area contributed by atoms with E-state index in [-0.39, 0.29) is 38.0 Å². The lowest BCUT2D eigenvalue weighted by molar-refractivity contribution is -0.166. The van der Waals surface area contributed by atoms with Crippen molar-refractivity contribution in [2.45, 2.75) is 213 Å². The minimum absolute atomic E-state index is 0.0705. The van der Waals surface area contributed by atoms with Crippen molar-refractivity contribution in [3.8, 4) is 0 Å². The first-order valence-electron chi connectivity index (χ1n) is 29.4. The Labute approximate surface area is 465 Å². The predicted molar refractivity (Wildman–Crippen MR) is 329 cm³/mol. The number of ether oxygens (including phenoxy) is 3. The average Bonchev–Trinajstić information content (AvgIpc) is 3.42. The normalized spacial score (nSPS) is 13.6. The van der Waals surface area contributed by atoms with Gasteiger partial charge < -0.3 is 14.2 Å². The van der Waals surface area contributed by atoms with Crippen LogP contribution in [0.3, 0.4) is 0 Å². The molecule has 0 aliphatic heterocycles. The highest BCUT2D eigenvalue weighted by Crippen LogP contribution is 2.11. The largest absolute Gasteiger partial charge is 0.462 e. The predicted octanol–water partition coefficient (Wildman–Crippen LogP) is 20.3. The average molecular weight is 1040 g/mol. The Bertz CT molecular complexity index is 1870. The number of carbonyl (C=O) groups excluding carboxylic acids is 3. The number of esters is 3. The Morgan fingerprint density at radius 2 is 0.566 bits per heavy atom. The zero-order valence-electron chi connectivity index (χ0n) is 47.9. The van der Waals surface area contributed by atoms with Gasteiger partial charge in [-0.1, -0.05) is 247 Å². The number of unbranched alkanes of at least 4 members (excludes halogenated alkanes) is 8. The molecule has 0 aliphatic carbocycles. The summed E-state index contributed by atoms with van der Waals surface area (Å²) in [7, 11) is 0. The highest BCUT2D eigenvalue weighted by molar-refractivity contribution is 5.72. The third-order valence-electron chi connectivity index (χ3n) is 11.3. The monoisotopic (exact) mass is 1040 g/mol. The molecular weight excluding hydrogens is 937 g/mol.